The molecule has 2 aromatic rings. The lowest BCUT2D eigenvalue weighted by atomic mass is 10.1. The van der Waals surface area contributed by atoms with Crippen LogP contribution in [0.4, 0.5) is 0 Å². The van der Waals surface area contributed by atoms with Crippen LogP contribution in [0.15, 0.2) is 23.7 Å². The van der Waals surface area contributed by atoms with Crippen LogP contribution >= 0.6 is 11.3 Å². The molecule has 2 rings (SSSR count). The zero-order valence-corrected chi connectivity index (χ0v) is 8.95. The molecule has 0 amide bonds. The van der Waals surface area contributed by atoms with Gasteiger partial charge in [0.25, 0.3) is 0 Å². The van der Waals surface area contributed by atoms with E-state index < -0.39 is 6.10 Å². The Bertz CT molecular complexity index is 433. The van der Waals surface area contributed by atoms with Gasteiger partial charge in [-0.1, -0.05) is 0 Å². The first kappa shape index (κ1) is 9.43. The second-order valence-electron chi connectivity index (χ2n) is 3.27. The Labute approximate surface area is 86.6 Å². The monoisotopic (exact) mass is 208 g/mol. The highest BCUT2D eigenvalue weighted by atomic mass is 32.1. The van der Waals surface area contributed by atoms with E-state index in [0.29, 0.717) is 0 Å². The summed E-state index contributed by atoms with van der Waals surface area (Å²) in [4.78, 5) is 1.21. The molecule has 0 spiro atoms. The zero-order chi connectivity index (χ0) is 10.1. The fourth-order valence-corrected chi connectivity index (χ4v) is 2.15. The molecule has 0 aliphatic heterocycles. The highest BCUT2D eigenvalue weighted by Gasteiger charge is 2.14. The first-order chi connectivity index (χ1) is 6.68. The van der Waals surface area contributed by atoms with Crippen molar-refractivity contribution in [3.8, 4) is 0 Å². The minimum atomic E-state index is -0.563. The van der Waals surface area contributed by atoms with E-state index in [1.165, 1.54) is 4.88 Å². The molecule has 0 radical (unpaired) electrons. The molecule has 0 bridgehead atoms. The standard InChI is InChI=1S/C10H12N2OS/c1-7-5-8(6-14-7)10(13)9-3-4-11-12(9)2/h3-6,10,13H,1-2H3. The second-order valence-corrected chi connectivity index (χ2v) is 4.39. The van der Waals surface area contributed by atoms with E-state index in [2.05, 4.69) is 5.10 Å². The lowest BCUT2D eigenvalue weighted by Gasteiger charge is -2.08. The number of hydrogen-bond acceptors (Lipinski definition) is 3. The van der Waals surface area contributed by atoms with E-state index in [1.54, 1.807) is 22.2 Å². The molecule has 0 fully saturated rings. The normalized spacial score (nSPS) is 13.1. The largest absolute Gasteiger partial charge is 0.382 e. The number of hydrogen-bond donors (Lipinski definition) is 1. The Morgan fingerprint density at radius 2 is 2.36 bits per heavy atom. The number of aromatic nitrogens is 2. The molecular formula is C10H12N2OS. The first-order valence-corrected chi connectivity index (χ1v) is 5.27. The minimum absolute atomic E-state index is 0.563. The molecule has 74 valence electrons. The average molecular weight is 208 g/mol. The minimum Gasteiger partial charge on any atom is -0.382 e. The third kappa shape index (κ3) is 1.58. The smallest absolute Gasteiger partial charge is 0.121 e. The molecule has 0 aliphatic rings. The molecular weight excluding hydrogens is 196 g/mol. The second kappa shape index (κ2) is 3.55. The van der Waals surface area contributed by atoms with Gasteiger partial charge in [-0.15, -0.1) is 11.3 Å². The summed E-state index contributed by atoms with van der Waals surface area (Å²) in [5.41, 5.74) is 1.76. The average Bonchev–Trinajstić information content (AvgIpc) is 2.73. The lowest BCUT2D eigenvalue weighted by Crippen LogP contribution is -2.05. The maximum absolute atomic E-state index is 10.0. The summed E-state index contributed by atoms with van der Waals surface area (Å²) >= 11 is 1.65. The van der Waals surface area contributed by atoms with Gasteiger partial charge in [0, 0.05) is 18.1 Å². The van der Waals surface area contributed by atoms with Crippen LogP contribution in [0.3, 0.4) is 0 Å². The van der Waals surface area contributed by atoms with Crippen LogP contribution in [0.5, 0.6) is 0 Å². The van der Waals surface area contributed by atoms with Gasteiger partial charge in [-0.2, -0.15) is 5.10 Å². The van der Waals surface area contributed by atoms with E-state index in [4.69, 9.17) is 0 Å². The van der Waals surface area contributed by atoms with Crippen LogP contribution in [-0.4, -0.2) is 14.9 Å². The van der Waals surface area contributed by atoms with Crippen LogP contribution in [0.1, 0.15) is 22.2 Å². The summed E-state index contributed by atoms with van der Waals surface area (Å²) in [5.74, 6) is 0. The van der Waals surface area contributed by atoms with Gasteiger partial charge in [0.2, 0.25) is 0 Å². The van der Waals surface area contributed by atoms with E-state index >= 15 is 0 Å². The number of thiophene rings is 1. The van der Waals surface area contributed by atoms with Gasteiger partial charge < -0.3 is 5.11 Å². The first-order valence-electron chi connectivity index (χ1n) is 4.39. The summed E-state index contributed by atoms with van der Waals surface area (Å²) in [5, 5.41) is 16.0. The third-order valence-electron chi connectivity index (χ3n) is 2.21. The number of aliphatic hydroxyl groups excluding tert-OH is 1. The highest BCUT2D eigenvalue weighted by molar-refractivity contribution is 7.10. The van der Waals surface area contributed by atoms with Gasteiger partial charge in [0.1, 0.15) is 6.10 Å². The van der Waals surface area contributed by atoms with Crippen molar-refractivity contribution in [1.29, 1.82) is 0 Å². The summed E-state index contributed by atoms with van der Waals surface area (Å²) in [6, 6.07) is 3.83. The Morgan fingerprint density at radius 3 is 2.86 bits per heavy atom. The van der Waals surface area contributed by atoms with Crippen molar-refractivity contribution in [3.05, 3.63) is 39.8 Å². The maximum atomic E-state index is 10.0. The topological polar surface area (TPSA) is 38.1 Å². The Kier molecular flexibility index (Phi) is 2.39. The van der Waals surface area contributed by atoms with Crippen LogP contribution in [0.25, 0.3) is 0 Å². The molecule has 14 heavy (non-hydrogen) atoms. The van der Waals surface area contributed by atoms with Crippen molar-refractivity contribution in [2.24, 2.45) is 7.05 Å². The highest BCUT2D eigenvalue weighted by Crippen LogP contribution is 2.25. The Morgan fingerprint density at radius 1 is 1.57 bits per heavy atom. The van der Waals surface area contributed by atoms with Crippen molar-refractivity contribution in [2.45, 2.75) is 13.0 Å². The van der Waals surface area contributed by atoms with Crippen molar-refractivity contribution in [1.82, 2.24) is 9.78 Å². The van der Waals surface area contributed by atoms with Crippen molar-refractivity contribution in [3.63, 3.8) is 0 Å². The summed E-state index contributed by atoms with van der Waals surface area (Å²) in [6.45, 7) is 2.03. The number of aryl methyl sites for hydroxylation is 2. The number of rotatable bonds is 2. The van der Waals surface area contributed by atoms with E-state index in [-0.39, 0.29) is 0 Å². The van der Waals surface area contributed by atoms with Crippen molar-refractivity contribution < 1.29 is 5.11 Å². The van der Waals surface area contributed by atoms with Crippen molar-refractivity contribution >= 4 is 11.3 Å². The zero-order valence-electron chi connectivity index (χ0n) is 8.14. The molecule has 0 aromatic carbocycles. The quantitative estimate of drug-likeness (QED) is 0.818. The summed E-state index contributed by atoms with van der Waals surface area (Å²) in [7, 11) is 1.83. The third-order valence-corrected chi connectivity index (χ3v) is 3.09. The number of nitrogens with zero attached hydrogens (tertiary/aromatic N) is 2. The molecule has 0 saturated heterocycles. The summed E-state index contributed by atoms with van der Waals surface area (Å²) < 4.78 is 1.69. The van der Waals surface area contributed by atoms with Crippen molar-refractivity contribution in [2.75, 3.05) is 0 Å². The Balaban J connectivity index is 2.33. The molecule has 1 N–H and O–H groups in total. The van der Waals surface area contributed by atoms with Gasteiger partial charge in [-0.25, -0.2) is 0 Å². The van der Waals surface area contributed by atoms with E-state index in [9.17, 15) is 5.11 Å². The molecule has 4 heteroatoms. The molecule has 0 aliphatic carbocycles. The van der Waals surface area contributed by atoms with E-state index in [1.807, 2.05) is 31.5 Å². The van der Waals surface area contributed by atoms with Crippen LogP contribution in [0.2, 0.25) is 0 Å². The van der Waals surface area contributed by atoms with Gasteiger partial charge in [-0.05, 0) is 30.0 Å². The van der Waals surface area contributed by atoms with Gasteiger partial charge in [0.15, 0.2) is 0 Å². The van der Waals surface area contributed by atoms with Crippen LogP contribution < -0.4 is 0 Å². The predicted octanol–water partition coefficient (Wildman–Crippen LogP) is 1.87. The molecule has 2 heterocycles. The fraction of sp³-hybridized carbons (Fsp3) is 0.300. The predicted molar refractivity (Wildman–Crippen MR) is 56.3 cm³/mol. The molecule has 1 atom stereocenters. The summed E-state index contributed by atoms with van der Waals surface area (Å²) in [6.07, 6.45) is 1.13. The van der Waals surface area contributed by atoms with Crippen LogP contribution in [0, 0.1) is 6.92 Å². The molecule has 1 unspecified atom stereocenters. The maximum Gasteiger partial charge on any atom is 0.121 e. The van der Waals surface area contributed by atoms with Crippen LogP contribution in [-0.2, 0) is 7.05 Å². The fourth-order valence-electron chi connectivity index (χ4n) is 1.43. The molecule has 0 saturated carbocycles. The molecule has 2 aromatic heterocycles. The SMILES string of the molecule is Cc1cc(C(O)c2ccnn2C)cs1. The lowest BCUT2D eigenvalue weighted by molar-refractivity contribution is 0.210. The van der Waals surface area contributed by atoms with Gasteiger partial charge >= 0.3 is 0 Å². The Hall–Kier alpha value is -1.13. The number of aliphatic hydroxyl groups is 1. The van der Waals surface area contributed by atoms with Gasteiger partial charge in [0.05, 0.1) is 5.69 Å². The van der Waals surface area contributed by atoms with Gasteiger partial charge in [-0.3, -0.25) is 4.68 Å². The molecule has 3 nitrogen and oxygen atoms in total. The van der Waals surface area contributed by atoms with E-state index in [0.717, 1.165) is 11.3 Å².